The number of nitrogens with zero attached hydrogens (tertiary/aromatic N) is 4. The molecule has 7 heteroatoms. The van der Waals surface area contributed by atoms with Crippen molar-refractivity contribution in [3.63, 3.8) is 0 Å². The maximum atomic E-state index is 12.9. The predicted molar refractivity (Wildman–Crippen MR) is 132 cm³/mol. The van der Waals surface area contributed by atoms with Gasteiger partial charge in [-0.3, -0.25) is 18.6 Å². The number of carbonyl (C=O) groups is 1. The third-order valence-electron chi connectivity index (χ3n) is 5.44. The van der Waals surface area contributed by atoms with Crippen molar-refractivity contribution in [3.05, 3.63) is 107 Å². The number of hydrogen-bond donors (Lipinski definition) is 0. The van der Waals surface area contributed by atoms with Gasteiger partial charge in [0.2, 0.25) is 5.78 Å². The van der Waals surface area contributed by atoms with Crippen LogP contribution < -0.4 is 5.56 Å². The summed E-state index contributed by atoms with van der Waals surface area (Å²) in [6.07, 6.45) is 1.65. The summed E-state index contributed by atoms with van der Waals surface area (Å²) in [6.45, 7) is 4.06. The number of ketones is 1. The van der Waals surface area contributed by atoms with E-state index in [-0.39, 0.29) is 17.1 Å². The monoisotopic (exact) mass is 452 g/mol. The zero-order valence-electron chi connectivity index (χ0n) is 17.7. The third-order valence-corrected chi connectivity index (χ3v) is 6.37. The second-order valence-corrected chi connectivity index (χ2v) is 8.44. The van der Waals surface area contributed by atoms with Crippen LogP contribution in [0.25, 0.3) is 27.8 Å². The molecule has 0 spiro atoms. The fraction of sp³-hybridized carbons (Fsp3) is 0.0769. The number of para-hydroxylation sites is 1. The second kappa shape index (κ2) is 8.88. The van der Waals surface area contributed by atoms with Crippen molar-refractivity contribution in [2.45, 2.75) is 11.7 Å². The lowest BCUT2D eigenvalue weighted by Gasteiger charge is -2.09. The number of aromatic nitrogens is 4. The van der Waals surface area contributed by atoms with Crippen molar-refractivity contribution in [1.29, 1.82) is 0 Å². The Kier molecular flexibility index (Phi) is 5.62. The SMILES string of the molecule is C=CCn1c(=O)c2ccccc2n2c(SCC(=O)c3ccc(-c4ccccc4)cc3)nnc12. The van der Waals surface area contributed by atoms with Gasteiger partial charge >= 0.3 is 0 Å². The molecule has 5 rings (SSSR count). The first-order valence-corrected chi connectivity index (χ1v) is 11.4. The molecule has 2 heterocycles. The fourth-order valence-corrected chi connectivity index (χ4v) is 4.65. The van der Waals surface area contributed by atoms with E-state index in [0.717, 1.165) is 11.1 Å². The minimum atomic E-state index is -0.142. The van der Waals surface area contributed by atoms with Gasteiger partial charge < -0.3 is 0 Å². The molecule has 6 nitrogen and oxygen atoms in total. The van der Waals surface area contributed by atoms with Crippen molar-refractivity contribution in [2.24, 2.45) is 0 Å². The highest BCUT2D eigenvalue weighted by molar-refractivity contribution is 7.99. The van der Waals surface area contributed by atoms with Crippen molar-refractivity contribution in [2.75, 3.05) is 5.75 Å². The first-order chi connectivity index (χ1) is 16.2. The lowest BCUT2D eigenvalue weighted by molar-refractivity contribution is 0.102. The van der Waals surface area contributed by atoms with Crippen LogP contribution in [-0.2, 0) is 6.54 Å². The number of Topliss-reactive ketones (excluding diaryl/α,β-unsaturated/α-hetero) is 1. The molecule has 0 atom stereocenters. The summed E-state index contributed by atoms with van der Waals surface area (Å²) in [6, 6.07) is 25.0. The average Bonchev–Trinajstić information content (AvgIpc) is 3.30. The smallest absolute Gasteiger partial charge is 0.263 e. The molecule has 0 aliphatic heterocycles. The summed E-state index contributed by atoms with van der Waals surface area (Å²) in [5.41, 5.74) is 3.39. The predicted octanol–water partition coefficient (Wildman–Crippen LogP) is 4.87. The molecule has 0 aliphatic rings. The zero-order chi connectivity index (χ0) is 22.8. The van der Waals surface area contributed by atoms with Gasteiger partial charge in [0, 0.05) is 12.1 Å². The molecule has 0 aliphatic carbocycles. The topological polar surface area (TPSA) is 69.3 Å². The quantitative estimate of drug-likeness (QED) is 0.200. The molecule has 0 saturated carbocycles. The van der Waals surface area contributed by atoms with E-state index >= 15 is 0 Å². The summed E-state index contributed by atoms with van der Waals surface area (Å²) >= 11 is 1.31. The lowest BCUT2D eigenvalue weighted by atomic mass is 10.0. The van der Waals surface area contributed by atoms with Gasteiger partial charge in [-0.25, -0.2) is 0 Å². The first kappa shape index (κ1) is 20.9. The Hall–Kier alpha value is -3.97. The van der Waals surface area contributed by atoms with Crippen LogP contribution in [0.3, 0.4) is 0 Å². The molecule has 5 aromatic rings. The van der Waals surface area contributed by atoms with Gasteiger partial charge in [0.1, 0.15) is 0 Å². The fourth-order valence-electron chi connectivity index (χ4n) is 3.81. The molecular weight excluding hydrogens is 432 g/mol. The minimum absolute atomic E-state index is 0.0000744. The van der Waals surface area contributed by atoms with Gasteiger partial charge in [-0.1, -0.05) is 84.6 Å². The maximum absolute atomic E-state index is 12.9. The van der Waals surface area contributed by atoms with Gasteiger partial charge in [0.25, 0.3) is 5.56 Å². The van der Waals surface area contributed by atoms with Gasteiger partial charge in [-0.15, -0.1) is 16.8 Å². The van der Waals surface area contributed by atoms with Crippen molar-refractivity contribution < 1.29 is 4.79 Å². The van der Waals surface area contributed by atoms with E-state index in [9.17, 15) is 9.59 Å². The van der Waals surface area contributed by atoms with Gasteiger partial charge in [-0.2, -0.15) is 0 Å². The lowest BCUT2D eigenvalue weighted by Crippen LogP contribution is -2.22. The Morgan fingerprint density at radius 2 is 1.61 bits per heavy atom. The highest BCUT2D eigenvalue weighted by atomic mass is 32.2. The highest BCUT2D eigenvalue weighted by Crippen LogP contribution is 2.24. The Balaban J connectivity index is 1.44. The second-order valence-electron chi connectivity index (χ2n) is 7.49. The standard InChI is InChI=1S/C26H20N4O2S/c1-2-16-29-24(32)21-10-6-7-11-22(21)30-25(29)27-28-26(30)33-17-23(31)20-14-12-19(13-15-20)18-8-4-3-5-9-18/h2-15H,1,16-17H2. The van der Waals surface area contributed by atoms with Crippen molar-refractivity contribution in [3.8, 4) is 11.1 Å². The molecule has 0 unspecified atom stereocenters. The number of hydrogen-bond acceptors (Lipinski definition) is 5. The van der Waals surface area contributed by atoms with E-state index in [1.807, 2.05) is 77.2 Å². The molecule has 0 fully saturated rings. The summed E-state index contributed by atoms with van der Waals surface area (Å²) in [4.78, 5) is 25.8. The Labute approximate surface area is 194 Å². The van der Waals surface area contributed by atoms with Crippen LogP contribution in [-0.4, -0.2) is 30.7 Å². The molecule has 2 aromatic heterocycles. The Bertz CT molecular complexity index is 1540. The van der Waals surface area contributed by atoms with Crippen LogP contribution >= 0.6 is 11.8 Å². The maximum Gasteiger partial charge on any atom is 0.263 e. The van der Waals surface area contributed by atoms with E-state index in [1.54, 1.807) is 12.1 Å². The Morgan fingerprint density at radius 1 is 0.909 bits per heavy atom. The number of allylic oxidation sites excluding steroid dienone is 1. The summed E-state index contributed by atoms with van der Waals surface area (Å²) in [5.74, 6) is 0.640. The van der Waals surface area contributed by atoms with Crippen LogP contribution in [0.2, 0.25) is 0 Å². The van der Waals surface area contributed by atoms with Crippen LogP contribution in [0.1, 0.15) is 10.4 Å². The third kappa shape index (κ3) is 3.87. The van der Waals surface area contributed by atoms with Gasteiger partial charge in [-0.05, 0) is 23.3 Å². The number of benzene rings is 3. The zero-order valence-corrected chi connectivity index (χ0v) is 18.5. The van der Waals surface area contributed by atoms with Gasteiger partial charge in [0.15, 0.2) is 10.9 Å². The van der Waals surface area contributed by atoms with Crippen LogP contribution in [0, 0.1) is 0 Å². The van der Waals surface area contributed by atoms with Crippen LogP contribution in [0.15, 0.2) is 101 Å². The average molecular weight is 453 g/mol. The van der Waals surface area contributed by atoms with Crippen LogP contribution in [0.4, 0.5) is 0 Å². The number of rotatable bonds is 7. The Morgan fingerprint density at radius 3 is 2.36 bits per heavy atom. The minimum Gasteiger partial charge on any atom is -0.293 e. The molecule has 0 amide bonds. The van der Waals surface area contributed by atoms with Crippen molar-refractivity contribution >= 4 is 34.2 Å². The number of thioether (sulfide) groups is 1. The molecule has 0 bridgehead atoms. The largest absolute Gasteiger partial charge is 0.293 e. The normalized spacial score (nSPS) is 11.2. The molecular formula is C26H20N4O2S. The summed E-state index contributed by atoms with van der Waals surface area (Å²) in [7, 11) is 0. The summed E-state index contributed by atoms with van der Waals surface area (Å²) in [5, 5.41) is 9.65. The molecule has 0 N–H and O–H groups in total. The highest BCUT2D eigenvalue weighted by Gasteiger charge is 2.17. The van der Waals surface area contributed by atoms with E-state index in [0.29, 0.717) is 33.9 Å². The molecule has 162 valence electrons. The number of fused-ring (bicyclic) bond motifs is 3. The first-order valence-electron chi connectivity index (χ1n) is 10.5. The molecule has 0 saturated heterocycles. The van der Waals surface area contributed by atoms with Crippen LogP contribution in [0.5, 0.6) is 0 Å². The van der Waals surface area contributed by atoms with Crippen molar-refractivity contribution in [1.82, 2.24) is 19.2 Å². The molecule has 0 radical (unpaired) electrons. The van der Waals surface area contributed by atoms with E-state index in [1.165, 1.54) is 16.3 Å². The van der Waals surface area contributed by atoms with E-state index < -0.39 is 0 Å². The summed E-state index contributed by atoms with van der Waals surface area (Å²) < 4.78 is 3.37. The van der Waals surface area contributed by atoms with E-state index in [2.05, 4.69) is 16.8 Å². The molecule has 33 heavy (non-hydrogen) atoms. The molecule has 3 aromatic carbocycles. The van der Waals surface area contributed by atoms with E-state index in [4.69, 9.17) is 0 Å². The number of carbonyl (C=O) groups excluding carboxylic acids is 1. The van der Waals surface area contributed by atoms with Gasteiger partial charge in [0.05, 0.1) is 16.7 Å².